The van der Waals surface area contributed by atoms with Crippen molar-refractivity contribution in [1.82, 2.24) is 15.2 Å². The zero-order valence-corrected chi connectivity index (χ0v) is 12.7. The predicted molar refractivity (Wildman–Crippen MR) is 91.9 cm³/mol. The van der Waals surface area contributed by atoms with Crippen LogP contribution in [0.25, 0.3) is 22.2 Å². The van der Waals surface area contributed by atoms with Gasteiger partial charge in [-0.15, -0.1) is 0 Å². The third kappa shape index (κ3) is 1.95. The highest BCUT2D eigenvalue weighted by atomic mass is 15.1. The van der Waals surface area contributed by atoms with E-state index in [1.165, 1.54) is 29.7 Å². The molecule has 0 amide bonds. The summed E-state index contributed by atoms with van der Waals surface area (Å²) in [6, 6.07) is 12.5. The predicted octanol–water partition coefficient (Wildman–Crippen LogP) is 4.08. The zero-order valence-electron chi connectivity index (χ0n) is 12.7. The molecule has 112 valence electrons. The molecule has 1 atom stereocenters. The second kappa shape index (κ2) is 4.88. The van der Waals surface area contributed by atoms with Gasteiger partial charge in [-0.2, -0.15) is 5.10 Å². The Kier molecular flexibility index (Phi) is 2.71. The minimum Gasteiger partial charge on any atom is -0.278 e. The van der Waals surface area contributed by atoms with Gasteiger partial charge in [-0.25, -0.2) is 0 Å². The Bertz CT molecular complexity index is 950. The van der Waals surface area contributed by atoms with E-state index in [1.807, 2.05) is 24.5 Å². The molecule has 1 fully saturated rings. The molecule has 1 aliphatic carbocycles. The Hall–Kier alpha value is -2.75. The van der Waals surface area contributed by atoms with Gasteiger partial charge in [-0.05, 0) is 54.7 Å². The van der Waals surface area contributed by atoms with Crippen molar-refractivity contribution in [2.24, 2.45) is 10.9 Å². The van der Waals surface area contributed by atoms with E-state index in [4.69, 9.17) is 4.99 Å². The van der Waals surface area contributed by atoms with Gasteiger partial charge < -0.3 is 0 Å². The maximum atomic E-state index is 4.96. The van der Waals surface area contributed by atoms with Crippen molar-refractivity contribution in [3.63, 3.8) is 0 Å². The summed E-state index contributed by atoms with van der Waals surface area (Å²) in [5.74, 6) is 0.455. The van der Waals surface area contributed by atoms with Gasteiger partial charge in [0.25, 0.3) is 0 Å². The summed E-state index contributed by atoms with van der Waals surface area (Å²) in [7, 11) is 0. The molecule has 3 aromatic rings. The molecule has 23 heavy (non-hydrogen) atoms. The summed E-state index contributed by atoms with van der Waals surface area (Å²) < 4.78 is 0. The summed E-state index contributed by atoms with van der Waals surface area (Å²) in [4.78, 5) is 9.49. The average molecular weight is 300 g/mol. The first-order chi connectivity index (χ1) is 11.4. The summed E-state index contributed by atoms with van der Waals surface area (Å²) in [5.41, 5.74) is 6.99. The van der Waals surface area contributed by atoms with Gasteiger partial charge in [0, 0.05) is 23.2 Å². The van der Waals surface area contributed by atoms with Gasteiger partial charge in [-0.1, -0.05) is 12.1 Å². The maximum Gasteiger partial charge on any atom is 0.0930 e. The molecule has 5 rings (SSSR count). The number of allylic oxidation sites excluding steroid dienone is 1. The molecule has 1 aromatic carbocycles. The monoisotopic (exact) mass is 300 g/mol. The van der Waals surface area contributed by atoms with Gasteiger partial charge in [-0.3, -0.25) is 15.1 Å². The first-order valence-corrected chi connectivity index (χ1v) is 8.07. The summed E-state index contributed by atoms with van der Waals surface area (Å²) >= 11 is 0. The largest absolute Gasteiger partial charge is 0.278 e. The number of fused-ring (bicyclic) bond motifs is 2. The van der Waals surface area contributed by atoms with Crippen LogP contribution >= 0.6 is 0 Å². The standard InChI is InChI=1S/C19H16N4/c1-2-9-20-17(5-1)19-18(14-4-3-6-16(14)22-19)12-7-8-15-13(10-12)11-21-23-15/h1-2,5,7-11,14H,3-4,6H2,(H,21,23). The van der Waals surface area contributed by atoms with Crippen LogP contribution in [0.1, 0.15) is 30.5 Å². The highest BCUT2D eigenvalue weighted by molar-refractivity contribution is 6.13. The number of rotatable bonds is 2. The highest BCUT2D eigenvalue weighted by Crippen LogP contribution is 2.45. The molecule has 4 nitrogen and oxygen atoms in total. The molecular weight excluding hydrogens is 284 g/mol. The normalized spacial score (nSPS) is 20.2. The Morgan fingerprint density at radius 2 is 2.13 bits per heavy atom. The van der Waals surface area contributed by atoms with Crippen LogP contribution in [-0.2, 0) is 0 Å². The number of pyridine rings is 1. The van der Waals surface area contributed by atoms with Crippen molar-refractivity contribution in [2.45, 2.75) is 19.3 Å². The van der Waals surface area contributed by atoms with E-state index < -0.39 is 0 Å². The van der Waals surface area contributed by atoms with Crippen LogP contribution in [0.15, 0.2) is 53.8 Å². The molecule has 2 aromatic heterocycles. The Labute approximate surface area is 134 Å². The number of nitrogens with zero attached hydrogens (tertiary/aromatic N) is 3. The van der Waals surface area contributed by atoms with Gasteiger partial charge in [0.05, 0.1) is 23.1 Å². The van der Waals surface area contributed by atoms with E-state index in [0.29, 0.717) is 5.92 Å². The van der Waals surface area contributed by atoms with E-state index in [1.54, 1.807) is 0 Å². The second-order valence-corrected chi connectivity index (χ2v) is 6.20. The first kappa shape index (κ1) is 12.8. The molecule has 0 bridgehead atoms. The van der Waals surface area contributed by atoms with E-state index in [9.17, 15) is 0 Å². The fraction of sp³-hybridized carbons (Fsp3) is 0.211. The average Bonchev–Trinajstić information content (AvgIpc) is 3.30. The minimum atomic E-state index is 0.455. The van der Waals surface area contributed by atoms with Crippen LogP contribution in [-0.4, -0.2) is 20.9 Å². The molecular formula is C19H16N4. The Morgan fingerprint density at radius 3 is 3.04 bits per heavy atom. The smallest absolute Gasteiger partial charge is 0.0930 e. The lowest BCUT2D eigenvalue weighted by Gasteiger charge is -2.13. The molecule has 1 aliphatic heterocycles. The number of nitrogens with one attached hydrogen (secondary N) is 1. The Morgan fingerprint density at radius 1 is 1.13 bits per heavy atom. The van der Waals surface area contributed by atoms with Crippen LogP contribution < -0.4 is 0 Å². The molecule has 2 aliphatic rings. The number of aliphatic imine (C=N–C) groups is 1. The SMILES string of the molecule is c1ccc(C2=C(c3ccc4[nH]ncc4c3)C3CCCC3=N2)nc1. The van der Waals surface area contributed by atoms with Crippen LogP contribution in [0.5, 0.6) is 0 Å². The van der Waals surface area contributed by atoms with E-state index >= 15 is 0 Å². The fourth-order valence-electron chi connectivity index (χ4n) is 3.79. The fourth-order valence-corrected chi connectivity index (χ4v) is 3.79. The maximum absolute atomic E-state index is 4.96. The lowest BCUT2D eigenvalue weighted by molar-refractivity contribution is 0.802. The molecule has 0 saturated heterocycles. The second-order valence-electron chi connectivity index (χ2n) is 6.20. The van der Waals surface area contributed by atoms with E-state index in [2.05, 4.69) is 39.4 Å². The van der Waals surface area contributed by atoms with Crippen molar-refractivity contribution in [2.75, 3.05) is 0 Å². The highest BCUT2D eigenvalue weighted by Gasteiger charge is 2.34. The van der Waals surface area contributed by atoms with Crippen LogP contribution in [0, 0.1) is 5.92 Å². The lowest BCUT2D eigenvalue weighted by atomic mass is 9.89. The molecule has 0 spiro atoms. The lowest BCUT2D eigenvalue weighted by Crippen LogP contribution is -2.04. The van der Waals surface area contributed by atoms with E-state index in [-0.39, 0.29) is 0 Å². The summed E-state index contributed by atoms with van der Waals surface area (Å²) in [5, 5.41) is 8.29. The quantitative estimate of drug-likeness (QED) is 0.775. The van der Waals surface area contributed by atoms with Crippen LogP contribution in [0.2, 0.25) is 0 Å². The molecule has 4 heteroatoms. The van der Waals surface area contributed by atoms with Gasteiger partial charge >= 0.3 is 0 Å². The number of benzene rings is 1. The van der Waals surface area contributed by atoms with Gasteiger partial charge in [0.15, 0.2) is 0 Å². The third-order valence-electron chi connectivity index (χ3n) is 4.85. The van der Waals surface area contributed by atoms with Gasteiger partial charge in [0.2, 0.25) is 0 Å². The van der Waals surface area contributed by atoms with Crippen molar-refractivity contribution >= 4 is 27.9 Å². The van der Waals surface area contributed by atoms with Crippen LogP contribution in [0.4, 0.5) is 0 Å². The van der Waals surface area contributed by atoms with Gasteiger partial charge in [0.1, 0.15) is 0 Å². The van der Waals surface area contributed by atoms with Crippen molar-refractivity contribution in [3.05, 3.63) is 60.0 Å². The number of hydrogen-bond acceptors (Lipinski definition) is 3. The van der Waals surface area contributed by atoms with Crippen LogP contribution in [0.3, 0.4) is 0 Å². The number of aromatic nitrogens is 3. The molecule has 1 unspecified atom stereocenters. The zero-order chi connectivity index (χ0) is 15.2. The summed E-state index contributed by atoms with van der Waals surface area (Å²) in [6.07, 6.45) is 7.25. The topological polar surface area (TPSA) is 53.9 Å². The summed E-state index contributed by atoms with van der Waals surface area (Å²) in [6.45, 7) is 0. The molecule has 3 heterocycles. The van der Waals surface area contributed by atoms with Crippen molar-refractivity contribution < 1.29 is 0 Å². The number of hydrogen-bond donors (Lipinski definition) is 1. The van der Waals surface area contributed by atoms with Crippen molar-refractivity contribution in [3.8, 4) is 0 Å². The van der Waals surface area contributed by atoms with E-state index in [0.717, 1.165) is 28.7 Å². The molecule has 0 radical (unpaired) electrons. The number of H-pyrrole nitrogens is 1. The first-order valence-electron chi connectivity index (χ1n) is 8.07. The molecule has 1 saturated carbocycles. The molecule has 1 N–H and O–H groups in total. The van der Waals surface area contributed by atoms with Crippen molar-refractivity contribution in [1.29, 1.82) is 0 Å². The minimum absolute atomic E-state index is 0.455. The Balaban J connectivity index is 1.72. The third-order valence-corrected chi connectivity index (χ3v) is 4.85. The number of aromatic amines is 1.